The van der Waals surface area contributed by atoms with Crippen molar-refractivity contribution in [3.63, 3.8) is 0 Å². The average molecular weight is 346 g/mol. The Balaban J connectivity index is 2.10. The number of halogens is 2. The van der Waals surface area contributed by atoms with E-state index in [4.69, 9.17) is 4.74 Å². The lowest BCUT2D eigenvalue weighted by atomic mass is 9.93. The number of hydrogen-bond acceptors (Lipinski definition) is 3. The number of benzene rings is 1. The summed E-state index contributed by atoms with van der Waals surface area (Å²) in [5.74, 6) is -1.01. The molecule has 0 spiro atoms. The number of nitrogens with zero attached hydrogens (tertiary/aromatic N) is 1. The summed E-state index contributed by atoms with van der Waals surface area (Å²) in [6.07, 6.45) is 0.956. The van der Waals surface area contributed by atoms with Crippen molar-refractivity contribution in [3.8, 4) is 0 Å². The topological polar surface area (TPSA) is 49.8 Å². The molecule has 1 amide bonds. The number of hydrogen-bond donors (Lipinski definition) is 1. The van der Waals surface area contributed by atoms with Crippen LogP contribution in [0.2, 0.25) is 0 Å². The molecule has 1 saturated heterocycles. The second-order valence-electron chi connectivity index (χ2n) is 5.12. The standard InChI is InChI=1S/C14H17BrFNO3/c1-17(9-14(19)4-6-20-7-5-14)13(18)11-8-10(15)2-3-12(11)16/h2-3,8,19H,4-7,9H2,1H3. The normalized spacial score (nSPS) is 17.8. The van der Waals surface area contributed by atoms with Crippen molar-refractivity contribution in [2.75, 3.05) is 26.8 Å². The fourth-order valence-electron chi connectivity index (χ4n) is 2.29. The molecule has 20 heavy (non-hydrogen) atoms. The van der Waals surface area contributed by atoms with Crippen molar-refractivity contribution < 1.29 is 19.0 Å². The molecule has 1 aliphatic rings. The molecule has 1 N–H and O–H groups in total. The lowest BCUT2D eigenvalue weighted by Crippen LogP contribution is -2.47. The first-order chi connectivity index (χ1) is 9.41. The molecule has 0 radical (unpaired) electrons. The predicted molar refractivity (Wildman–Crippen MR) is 76.1 cm³/mol. The molecule has 110 valence electrons. The molecule has 2 rings (SSSR count). The van der Waals surface area contributed by atoms with Gasteiger partial charge in [0.25, 0.3) is 5.91 Å². The average Bonchev–Trinajstić information content (AvgIpc) is 2.41. The van der Waals surface area contributed by atoms with E-state index in [0.717, 1.165) is 0 Å². The Labute approximate surface area is 125 Å². The fourth-order valence-corrected chi connectivity index (χ4v) is 2.65. The van der Waals surface area contributed by atoms with Gasteiger partial charge in [0.2, 0.25) is 0 Å². The summed E-state index contributed by atoms with van der Waals surface area (Å²) in [6, 6.07) is 4.23. The Kier molecular flexibility index (Phi) is 4.78. The van der Waals surface area contributed by atoms with Gasteiger partial charge >= 0.3 is 0 Å². The first-order valence-corrected chi connectivity index (χ1v) is 7.21. The van der Waals surface area contributed by atoms with Gasteiger partial charge < -0.3 is 14.7 Å². The van der Waals surface area contributed by atoms with Gasteiger partial charge in [0.1, 0.15) is 5.82 Å². The third-order valence-electron chi connectivity index (χ3n) is 3.46. The van der Waals surface area contributed by atoms with Gasteiger partial charge in [-0.1, -0.05) is 15.9 Å². The van der Waals surface area contributed by atoms with Crippen LogP contribution >= 0.6 is 15.9 Å². The van der Waals surface area contributed by atoms with Crippen LogP contribution in [0.4, 0.5) is 4.39 Å². The monoisotopic (exact) mass is 345 g/mol. The van der Waals surface area contributed by atoms with E-state index >= 15 is 0 Å². The van der Waals surface area contributed by atoms with E-state index in [2.05, 4.69) is 15.9 Å². The maximum Gasteiger partial charge on any atom is 0.256 e. The molecule has 1 aromatic rings. The van der Waals surface area contributed by atoms with Crippen LogP contribution in [0.1, 0.15) is 23.2 Å². The number of likely N-dealkylation sites (N-methyl/N-ethyl adjacent to an activating group) is 1. The third kappa shape index (κ3) is 3.56. The highest BCUT2D eigenvalue weighted by atomic mass is 79.9. The third-order valence-corrected chi connectivity index (χ3v) is 3.95. The zero-order valence-electron chi connectivity index (χ0n) is 11.2. The molecule has 0 unspecified atom stereocenters. The van der Waals surface area contributed by atoms with Gasteiger partial charge in [-0.25, -0.2) is 4.39 Å². The SMILES string of the molecule is CN(CC1(O)CCOCC1)C(=O)c1cc(Br)ccc1F. The van der Waals surface area contributed by atoms with Crippen LogP contribution in [0.15, 0.2) is 22.7 Å². The summed E-state index contributed by atoms with van der Waals surface area (Å²) >= 11 is 3.22. The number of amides is 1. The first-order valence-electron chi connectivity index (χ1n) is 6.42. The van der Waals surface area contributed by atoms with Crippen LogP contribution in [0.5, 0.6) is 0 Å². The van der Waals surface area contributed by atoms with Gasteiger partial charge in [-0.15, -0.1) is 0 Å². The van der Waals surface area contributed by atoms with Crippen molar-refractivity contribution in [2.24, 2.45) is 0 Å². The zero-order valence-corrected chi connectivity index (χ0v) is 12.8. The van der Waals surface area contributed by atoms with Gasteiger partial charge in [-0.2, -0.15) is 0 Å². The fraction of sp³-hybridized carbons (Fsp3) is 0.500. The van der Waals surface area contributed by atoms with Crippen molar-refractivity contribution in [1.29, 1.82) is 0 Å². The van der Waals surface area contributed by atoms with Gasteiger partial charge in [-0.3, -0.25) is 4.79 Å². The molecule has 0 atom stereocenters. The molecule has 1 aliphatic heterocycles. The second-order valence-corrected chi connectivity index (χ2v) is 6.04. The molecule has 4 nitrogen and oxygen atoms in total. The number of aliphatic hydroxyl groups is 1. The summed E-state index contributed by atoms with van der Waals surface area (Å²) in [7, 11) is 1.57. The Hall–Kier alpha value is -0.980. The van der Waals surface area contributed by atoms with Crippen LogP contribution in [-0.4, -0.2) is 48.3 Å². The Morgan fingerprint density at radius 2 is 2.15 bits per heavy atom. The molecular weight excluding hydrogens is 329 g/mol. The first kappa shape index (κ1) is 15.4. The summed E-state index contributed by atoms with van der Waals surface area (Å²) in [5.41, 5.74) is -0.956. The van der Waals surface area contributed by atoms with Crippen LogP contribution in [0.25, 0.3) is 0 Å². The van der Waals surface area contributed by atoms with Gasteiger partial charge in [0, 0.05) is 44.1 Å². The molecular formula is C14H17BrFNO3. The lowest BCUT2D eigenvalue weighted by Gasteiger charge is -2.35. The molecule has 1 fully saturated rings. The van der Waals surface area contributed by atoms with E-state index < -0.39 is 17.3 Å². The molecule has 0 saturated carbocycles. The Morgan fingerprint density at radius 1 is 1.50 bits per heavy atom. The summed E-state index contributed by atoms with van der Waals surface area (Å²) in [5, 5.41) is 10.4. The second kappa shape index (κ2) is 6.20. The molecule has 0 bridgehead atoms. The van der Waals surface area contributed by atoms with E-state index in [-0.39, 0.29) is 12.1 Å². The van der Waals surface area contributed by atoms with Gasteiger partial charge in [-0.05, 0) is 18.2 Å². The van der Waals surface area contributed by atoms with Crippen molar-refractivity contribution in [3.05, 3.63) is 34.1 Å². The van der Waals surface area contributed by atoms with Crippen molar-refractivity contribution in [1.82, 2.24) is 4.90 Å². The van der Waals surface area contributed by atoms with E-state index in [1.807, 2.05) is 0 Å². The molecule has 1 heterocycles. The van der Waals surface area contributed by atoms with E-state index in [9.17, 15) is 14.3 Å². The van der Waals surface area contributed by atoms with Crippen molar-refractivity contribution >= 4 is 21.8 Å². The highest BCUT2D eigenvalue weighted by molar-refractivity contribution is 9.10. The summed E-state index contributed by atoms with van der Waals surface area (Å²) < 4.78 is 19.5. The largest absolute Gasteiger partial charge is 0.388 e. The highest BCUT2D eigenvalue weighted by Gasteiger charge is 2.33. The molecule has 0 aliphatic carbocycles. The van der Waals surface area contributed by atoms with E-state index in [1.165, 1.54) is 23.1 Å². The van der Waals surface area contributed by atoms with Crippen molar-refractivity contribution in [2.45, 2.75) is 18.4 Å². The molecule has 6 heteroatoms. The Morgan fingerprint density at radius 3 is 2.80 bits per heavy atom. The van der Waals surface area contributed by atoms with Crippen LogP contribution in [-0.2, 0) is 4.74 Å². The molecule has 0 aromatic heterocycles. The number of ether oxygens (including phenoxy) is 1. The summed E-state index contributed by atoms with van der Waals surface area (Å²) in [6.45, 7) is 1.12. The van der Waals surface area contributed by atoms with E-state index in [0.29, 0.717) is 30.5 Å². The summed E-state index contributed by atoms with van der Waals surface area (Å²) in [4.78, 5) is 13.6. The number of rotatable bonds is 3. The quantitative estimate of drug-likeness (QED) is 0.913. The molecule has 1 aromatic carbocycles. The van der Waals surface area contributed by atoms with Crippen LogP contribution in [0.3, 0.4) is 0 Å². The lowest BCUT2D eigenvalue weighted by molar-refractivity contribution is -0.0734. The minimum absolute atomic E-state index is 0.00228. The smallest absolute Gasteiger partial charge is 0.256 e. The van der Waals surface area contributed by atoms with Crippen LogP contribution < -0.4 is 0 Å². The minimum Gasteiger partial charge on any atom is -0.388 e. The minimum atomic E-state index is -0.953. The maximum atomic E-state index is 13.7. The highest BCUT2D eigenvalue weighted by Crippen LogP contribution is 2.23. The van der Waals surface area contributed by atoms with Crippen LogP contribution in [0, 0.1) is 5.82 Å². The van der Waals surface area contributed by atoms with Gasteiger partial charge in [0.05, 0.1) is 11.2 Å². The van der Waals surface area contributed by atoms with E-state index in [1.54, 1.807) is 7.05 Å². The van der Waals surface area contributed by atoms with Gasteiger partial charge in [0.15, 0.2) is 0 Å². The number of carbonyl (C=O) groups is 1. The zero-order chi connectivity index (χ0) is 14.8. The Bertz CT molecular complexity index is 503. The number of carbonyl (C=O) groups excluding carboxylic acids is 1. The predicted octanol–water partition coefficient (Wildman–Crippen LogP) is 2.20. The maximum absolute atomic E-state index is 13.7.